The second-order valence-corrected chi connectivity index (χ2v) is 9.81. The Bertz CT molecular complexity index is 1210. The number of pyridine rings is 1. The number of aromatic nitrogens is 5. The number of thioether (sulfide) groups is 1. The Kier molecular flexibility index (Phi) is 5.92. The minimum absolute atomic E-state index is 0.0482. The van der Waals surface area contributed by atoms with Crippen molar-refractivity contribution >= 4 is 17.7 Å². The summed E-state index contributed by atoms with van der Waals surface area (Å²) in [6.07, 6.45) is 1.02. The number of carbonyl (C=O) groups is 1. The maximum absolute atomic E-state index is 13.3. The van der Waals surface area contributed by atoms with E-state index in [1.165, 1.54) is 11.8 Å². The van der Waals surface area contributed by atoms with Crippen LogP contribution in [0.15, 0.2) is 52.4 Å². The third kappa shape index (κ3) is 4.27. The van der Waals surface area contributed by atoms with Gasteiger partial charge < -0.3 is 14.2 Å². The van der Waals surface area contributed by atoms with Crippen LogP contribution >= 0.6 is 11.8 Å². The zero-order chi connectivity index (χ0) is 22.9. The summed E-state index contributed by atoms with van der Waals surface area (Å²) in [6.45, 7) is 6.42. The fraction of sp³-hybridized carbons (Fsp3) is 0.435. The number of tetrazole rings is 1. The van der Waals surface area contributed by atoms with Crippen LogP contribution in [-0.2, 0) is 11.3 Å². The minimum Gasteiger partial charge on any atom is -0.494 e. The van der Waals surface area contributed by atoms with Crippen LogP contribution in [0.2, 0.25) is 0 Å². The van der Waals surface area contributed by atoms with E-state index >= 15 is 0 Å². The monoisotopic (exact) mass is 466 g/mol. The highest BCUT2D eigenvalue weighted by Crippen LogP contribution is 2.36. The van der Waals surface area contributed by atoms with Crippen molar-refractivity contribution in [3.05, 3.63) is 58.5 Å². The second kappa shape index (κ2) is 9.01. The molecule has 1 amide bonds. The quantitative estimate of drug-likeness (QED) is 0.515. The molecule has 0 aliphatic carbocycles. The molecule has 1 saturated heterocycles. The molecule has 1 fully saturated rings. The summed E-state index contributed by atoms with van der Waals surface area (Å²) in [5, 5.41) is 12.3. The van der Waals surface area contributed by atoms with Crippen LogP contribution in [-0.4, -0.2) is 60.5 Å². The Morgan fingerprint density at radius 3 is 2.79 bits per heavy atom. The molecule has 0 radical (unpaired) electrons. The van der Waals surface area contributed by atoms with E-state index in [0.717, 1.165) is 23.6 Å². The van der Waals surface area contributed by atoms with Gasteiger partial charge in [0.25, 0.3) is 5.56 Å². The van der Waals surface area contributed by atoms with E-state index in [4.69, 9.17) is 4.74 Å². The van der Waals surface area contributed by atoms with Gasteiger partial charge >= 0.3 is 0 Å². The number of benzene rings is 1. The van der Waals surface area contributed by atoms with E-state index in [2.05, 4.69) is 15.5 Å². The van der Waals surface area contributed by atoms with E-state index in [0.29, 0.717) is 37.3 Å². The number of likely N-dealkylation sites (tertiary alicyclic amines) is 1. The first-order valence-electron chi connectivity index (χ1n) is 11.2. The second-order valence-electron chi connectivity index (χ2n) is 8.50. The van der Waals surface area contributed by atoms with Crippen molar-refractivity contribution in [2.75, 3.05) is 19.7 Å². The number of amides is 1. The first-order valence-corrected chi connectivity index (χ1v) is 12.1. The molecule has 4 heterocycles. The Balaban J connectivity index is 1.29. The highest BCUT2D eigenvalue weighted by atomic mass is 32.2. The fourth-order valence-electron chi connectivity index (χ4n) is 4.81. The zero-order valence-corrected chi connectivity index (χ0v) is 19.4. The number of carbonyl (C=O) groups excluding carboxylic acids is 1. The Hall–Kier alpha value is -3.14. The summed E-state index contributed by atoms with van der Waals surface area (Å²) in [5.41, 5.74) is 1.89. The summed E-state index contributed by atoms with van der Waals surface area (Å²) < 4.78 is 9.01. The number of ether oxygens (including phenoxy) is 1. The maximum Gasteiger partial charge on any atom is 0.250 e. The molecule has 2 bridgehead atoms. The van der Waals surface area contributed by atoms with Crippen LogP contribution in [0.3, 0.4) is 0 Å². The number of rotatable bonds is 6. The minimum atomic E-state index is -0.339. The van der Waals surface area contributed by atoms with Gasteiger partial charge in [-0.25, -0.2) is 0 Å². The lowest BCUT2D eigenvalue weighted by molar-refractivity contribution is -0.133. The highest BCUT2D eigenvalue weighted by molar-refractivity contribution is 8.00. The number of piperidine rings is 1. The van der Waals surface area contributed by atoms with E-state index < -0.39 is 0 Å². The molecule has 10 heteroatoms. The van der Waals surface area contributed by atoms with Gasteiger partial charge in [0.15, 0.2) is 0 Å². The molecule has 33 heavy (non-hydrogen) atoms. The molecule has 0 saturated carbocycles. The van der Waals surface area contributed by atoms with Crippen LogP contribution in [0.25, 0.3) is 5.69 Å². The van der Waals surface area contributed by atoms with E-state index in [1.54, 1.807) is 10.7 Å². The lowest BCUT2D eigenvalue weighted by Gasteiger charge is -2.43. The fourth-order valence-corrected chi connectivity index (χ4v) is 5.70. The standard InChI is InChI=1S/C23H26N6O3S/c1-3-32-19-9-7-18(8-10-19)29-23(24-25-26-29)33-15(2)22(31)27-12-16-11-17(14-27)20-5-4-6-21(30)28(20)13-16/h4-10,15-17H,3,11-14H2,1-2H3/t15-,16+,17+/m1/s1. The molecule has 0 spiro atoms. The summed E-state index contributed by atoms with van der Waals surface area (Å²) in [7, 11) is 0. The van der Waals surface area contributed by atoms with E-state index in [9.17, 15) is 9.59 Å². The van der Waals surface area contributed by atoms with Crippen LogP contribution in [0.5, 0.6) is 5.75 Å². The summed E-state index contributed by atoms with van der Waals surface area (Å²) in [6, 6.07) is 13.0. The van der Waals surface area contributed by atoms with Gasteiger partial charge in [-0.1, -0.05) is 17.8 Å². The normalized spacial score (nSPS) is 20.2. The molecule has 0 N–H and O–H groups in total. The molecule has 172 valence electrons. The molecule has 2 aliphatic rings. The van der Waals surface area contributed by atoms with E-state index in [1.807, 2.05) is 59.7 Å². The van der Waals surface area contributed by atoms with Crippen molar-refractivity contribution < 1.29 is 9.53 Å². The van der Waals surface area contributed by atoms with E-state index in [-0.39, 0.29) is 22.6 Å². The Morgan fingerprint density at radius 1 is 1.18 bits per heavy atom. The Labute approximate surface area is 195 Å². The van der Waals surface area contributed by atoms with Crippen molar-refractivity contribution in [3.63, 3.8) is 0 Å². The molecule has 2 aromatic heterocycles. The van der Waals surface area contributed by atoms with Crippen molar-refractivity contribution in [1.82, 2.24) is 29.7 Å². The molecule has 3 atom stereocenters. The van der Waals surface area contributed by atoms with Gasteiger partial charge in [0.1, 0.15) is 5.75 Å². The van der Waals surface area contributed by atoms with Crippen molar-refractivity contribution in [1.29, 1.82) is 0 Å². The number of hydrogen-bond donors (Lipinski definition) is 0. The molecule has 2 aliphatic heterocycles. The summed E-state index contributed by atoms with van der Waals surface area (Å²) in [4.78, 5) is 27.5. The van der Waals surface area contributed by atoms with Gasteiger partial charge in [-0.2, -0.15) is 4.68 Å². The van der Waals surface area contributed by atoms with Crippen molar-refractivity contribution in [2.45, 2.75) is 43.1 Å². The van der Waals surface area contributed by atoms with Crippen LogP contribution in [0.4, 0.5) is 0 Å². The molecule has 9 nitrogen and oxygen atoms in total. The van der Waals surface area contributed by atoms with Crippen LogP contribution in [0.1, 0.15) is 31.9 Å². The van der Waals surface area contributed by atoms with Crippen LogP contribution in [0, 0.1) is 5.92 Å². The van der Waals surface area contributed by atoms with Crippen molar-refractivity contribution in [2.24, 2.45) is 5.92 Å². The van der Waals surface area contributed by atoms with Gasteiger partial charge in [0.05, 0.1) is 17.5 Å². The largest absolute Gasteiger partial charge is 0.494 e. The average Bonchev–Trinajstić information content (AvgIpc) is 3.28. The van der Waals surface area contributed by atoms with Gasteiger partial charge in [0, 0.05) is 37.3 Å². The number of fused-ring (bicyclic) bond motifs is 4. The predicted molar refractivity (Wildman–Crippen MR) is 124 cm³/mol. The summed E-state index contributed by atoms with van der Waals surface area (Å²) >= 11 is 1.35. The molecule has 3 aromatic rings. The zero-order valence-electron chi connectivity index (χ0n) is 18.6. The van der Waals surface area contributed by atoms with Gasteiger partial charge in [-0.3, -0.25) is 9.59 Å². The van der Waals surface area contributed by atoms with Gasteiger partial charge in [-0.15, -0.1) is 5.10 Å². The van der Waals surface area contributed by atoms with Gasteiger partial charge in [-0.05, 0) is 66.9 Å². The third-order valence-electron chi connectivity index (χ3n) is 6.25. The molecular formula is C23H26N6O3S. The third-order valence-corrected chi connectivity index (χ3v) is 7.28. The first kappa shape index (κ1) is 21.7. The lowest BCUT2D eigenvalue weighted by Crippen LogP contribution is -2.50. The lowest BCUT2D eigenvalue weighted by atomic mass is 9.83. The summed E-state index contributed by atoms with van der Waals surface area (Å²) in [5.74, 6) is 1.35. The Morgan fingerprint density at radius 2 is 2.00 bits per heavy atom. The predicted octanol–water partition coefficient (Wildman–Crippen LogP) is 2.35. The van der Waals surface area contributed by atoms with Crippen molar-refractivity contribution in [3.8, 4) is 11.4 Å². The molecular weight excluding hydrogens is 440 g/mol. The smallest absolute Gasteiger partial charge is 0.250 e. The van der Waals surface area contributed by atoms with Crippen LogP contribution < -0.4 is 10.3 Å². The van der Waals surface area contributed by atoms with Gasteiger partial charge in [0.2, 0.25) is 11.1 Å². The SMILES string of the molecule is CCOc1ccc(-n2nnnc2S[C@H](C)C(=O)N2C[C@@H]3C[C@@H](C2)c2cccc(=O)n2C3)cc1. The molecule has 1 aromatic carbocycles. The molecule has 5 rings (SSSR count). The topological polar surface area (TPSA) is 95.1 Å². The number of hydrogen-bond acceptors (Lipinski definition) is 7. The highest BCUT2D eigenvalue weighted by Gasteiger charge is 2.37. The average molecular weight is 467 g/mol. The molecule has 0 unspecified atom stereocenters. The maximum atomic E-state index is 13.3. The first-order chi connectivity index (χ1) is 16.0. The number of nitrogens with zero attached hydrogens (tertiary/aromatic N) is 6.